The van der Waals surface area contributed by atoms with Crippen LogP contribution in [0.5, 0.6) is 0 Å². The van der Waals surface area contributed by atoms with Gasteiger partial charge in [0.25, 0.3) is 0 Å². The second kappa shape index (κ2) is 4.27. The van der Waals surface area contributed by atoms with E-state index in [4.69, 9.17) is 0 Å². The summed E-state index contributed by atoms with van der Waals surface area (Å²) in [4.78, 5) is 8.81. The smallest absolute Gasteiger partial charge is 0.159 e. The van der Waals surface area contributed by atoms with E-state index in [-0.39, 0.29) is 6.61 Å². The maximum absolute atomic E-state index is 9.33. The summed E-state index contributed by atoms with van der Waals surface area (Å²) in [6.07, 6.45) is 1.76. The van der Waals surface area contributed by atoms with Gasteiger partial charge in [0.1, 0.15) is 5.69 Å². The predicted octanol–water partition coefficient (Wildman–Crippen LogP) is 0.541. The fourth-order valence-corrected chi connectivity index (χ4v) is 2.19. The molecule has 0 unspecified atom stereocenters. The minimum Gasteiger partial charge on any atom is -0.390 e. The van der Waals surface area contributed by atoms with Gasteiger partial charge in [0, 0.05) is 25.8 Å². The Hall–Kier alpha value is -1.72. The van der Waals surface area contributed by atoms with Gasteiger partial charge in [0.2, 0.25) is 0 Å². The first-order chi connectivity index (χ1) is 8.40. The normalized spacial score (nSPS) is 14.6. The molecule has 0 saturated heterocycles. The summed E-state index contributed by atoms with van der Waals surface area (Å²) in [5.74, 6) is 0.853. The summed E-state index contributed by atoms with van der Waals surface area (Å²) in [7, 11) is 0. The SMILES string of the molecule is OCc1nc(-c2ccccn2)n2c1CNCC2. The standard InChI is InChI=1S/C12H14N4O/c17-8-10-11-7-13-5-6-16(11)12(15-10)9-3-1-2-4-14-9/h1-4,13,17H,5-8H2. The number of hydrogen-bond acceptors (Lipinski definition) is 4. The molecule has 5 nitrogen and oxygen atoms in total. The van der Waals surface area contributed by atoms with Crippen LogP contribution in [0.3, 0.4) is 0 Å². The second-order valence-electron chi connectivity index (χ2n) is 4.03. The first-order valence-corrected chi connectivity index (χ1v) is 5.71. The number of nitrogens with one attached hydrogen (secondary N) is 1. The van der Waals surface area contributed by atoms with Crippen LogP contribution in [0.4, 0.5) is 0 Å². The van der Waals surface area contributed by atoms with Crippen LogP contribution in [0, 0.1) is 0 Å². The number of imidazole rings is 1. The zero-order valence-corrected chi connectivity index (χ0v) is 9.43. The lowest BCUT2D eigenvalue weighted by atomic mass is 10.3. The Morgan fingerprint density at radius 1 is 1.41 bits per heavy atom. The van der Waals surface area contributed by atoms with Crippen molar-refractivity contribution < 1.29 is 5.11 Å². The van der Waals surface area contributed by atoms with Crippen LogP contribution in [0.25, 0.3) is 11.5 Å². The Balaban J connectivity index is 2.14. The number of rotatable bonds is 2. The molecule has 0 radical (unpaired) electrons. The molecular weight excluding hydrogens is 216 g/mol. The molecule has 0 aliphatic carbocycles. The third-order valence-corrected chi connectivity index (χ3v) is 3.00. The highest BCUT2D eigenvalue weighted by Gasteiger charge is 2.20. The van der Waals surface area contributed by atoms with Gasteiger partial charge < -0.3 is 15.0 Å². The fraction of sp³-hybridized carbons (Fsp3) is 0.333. The molecule has 17 heavy (non-hydrogen) atoms. The van der Waals surface area contributed by atoms with Gasteiger partial charge in [-0.3, -0.25) is 4.98 Å². The molecule has 2 N–H and O–H groups in total. The summed E-state index contributed by atoms with van der Waals surface area (Å²) in [5, 5.41) is 12.6. The van der Waals surface area contributed by atoms with Gasteiger partial charge in [-0.15, -0.1) is 0 Å². The summed E-state index contributed by atoms with van der Waals surface area (Å²) in [6.45, 7) is 2.53. The topological polar surface area (TPSA) is 63.0 Å². The molecule has 0 spiro atoms. The van der Waals surface area contributed by atoms with E-state index in [0.717, 1.165) is 42.5 Å². The number of nitrogens with zero attached hydrogens (tertiary/aromatic N) is 3. The Morgan fingerprint density at radius 3 is 3.12 bits per heavy atom. The highest BCUT2D eigenvalue weighted by Crippen LogP contribution is 2.22. The van der Waals surface area contributed by atoms with Crippen LogP contribution >= 0.6 is 0 Å². The fourth-order valence-electron chi connectivity index (χ4n) is 2.19. The van der Waals surface area contributed by atoms with Crippen molar-refractivity contribution in [2.75, 3.05) is 6.54 Å². The van der Waals surface area contributed by atoms with E-state index in [1.54, 1.807) is 6.20 Å². The van der Waals surface area contributed by atoms with E-state index in [1.165, 1.54) is 0 Å². The lowest BCUT2D eigenvalue weighted by Gasteiger charge is -2.18. The lowest BCUT2D eigenvalue weighted by molar-refractivity contribution is 0.275. The molecule has 1 aliphatic rings. The minimum atomic E-state index is -0.0240. The van der Waals surface area contributed by atoms with Crippen molar-refractivity contribution in [1.29, 1.82) is 0 Å². The molecule has 3 heterocycles. The molecule has 2 aromatic rings. The van der Waals surface area contributed by atoms with Gasteiger partial charge in [-0.25, -0.2) is 4.98 Å². The maximum Gasteiger partial charge on any atom is 0.159 e. The van der Waals surface area contributed by atoms with Gasteiger partial charge in [0.15, 0.2) is 5.82 Å². The maximum atomic E-state index is 9.33. The Morgan fingerprint density at radius 2 is 2.35 bits per heavy atom. The summed E-state index contributed by atoms with van der Waals surface area (Å²) in [6, 6.07) is 5.78. The molecule has 88 valence electrons. The highest BCUT2D eigenvalue weighted by molar-refractivity contribution is 5.51. The zero-order chi connectivity index (χ0) is 11.7. The van der Waals surface area contributed by atoms with Gasteiger partial charge in [-0.1, -0.05) is 6.07 Å². The quantitative estimate of drug-likeness (QED) is 0.790. The third kappa shape index (κ3) is 1.73. The summed E-state index contributed by atoms with van der Waals surface area (Å²) < 4.78 is 2.14. The van der Waals surface area contributed by atoms with Gasteiger partial charge in [-0.2, -0.15) is 0 Å². The van der Waals surface area contributed by atoms with Gasteiger partial charge >= 0.3 is 0 Å². The Labute approximate surface area is 99.1 Å². The van der Waals surface area contributed by atoms with Crippen LogP contribution in [-0.2, 0) is 19.7 Å². The van der Waals surface area contributed by atoms with E-state index < -0.39 is 0 Å². The average Bonchev–Trinajstić information content (AvgIpc) is 2.78. The van der Waals surface area contributed by atoms with Crippen molar-refractivity contribution in [3.8, 4) is 11.5 Å². The average molecular weight is 230 g/mol. The summed E-state index contributed by atoms with van der Waals surface area (Å²) in [5.41, 5.74) is 2.67. The number of aromatic nitrogens is 3. The van der Waals surface area contributed by atoms with Crippen molar-refractivity contribution in [1.82, 2.24) is 19.9 Å². The van der Waals surface area contributed by atoms with Crippen LogP contribution in [0.1, 0.15) is 11.4 Å². The van der Waals surface area contributed by atoms with Crippen molar-refractivity contribution in [2.24, 2.45) is 0 Å². The molecule has 3 rings (SSSR count). The number of aliphatic hydroxyl groups excluding tert-OH is 1. The highest BCUT2D eigenvalue weighted by atomic mass is 16.3. The van der Waals surface area contributed by atoms with Gasteiger partial charge in [0.05, 0.1) is 18.0 Å². The molecule has 1 aliphatic heterocycles. The lowest BCUT2D eigenvalue weighted by Crippen LogP contribution is -2.28. The predicted molar refractivity (Wildman–Crippen MR) is 63.1 cm³/mol. The number of aliphatic hydroxyl groups is 1. The van der Waals surface area contributed by atoms with Crippen molar-refractivity contribution in [2.45, 2.75) is 19.7 Å². The zero-order valence-electron chi connectivity index (χ0n) is 9.43. The van der Waals surface area contributed by atoms with Crippen LogP contribution in [-0.4, -0.2) is 26.2 Å². The molecule has 2 aromatic heterocycles. The van der Waals surface area contributed by atoms with E-state index in [9.17, 15) is 5.11 Å². The first-order valence-electron chi connectivity index (χ1n) is 5.71. The van der Waals surface area contributed by atoms with Crippen LogP contribution in [0.15, 0.2) is 24.4 Å². The molecule has 0 aromatic carbocycles. The van der Waals surface area contributed by atoms with E-state index >= 15 is 0 Å². The molecule has 0 saturated carbocycles. The monoisotopic (exact) mass is 230 g/mol. The number of pyridine rings is 1. The van der Waals surface area contributed by atoms with Crippen molar-refractivity contribution in [3.05, 3.63) is 35.8 Å². The number of fused-ring (bicyclic) bond motifs is 1. The number of hydrogen-bond donors (Lipinski definition) is 2. The van der Waals surface area contributed by atoms with Crippen molar-refractivity contribution >= 4 is 0 Å². The van der Waals surface area contributed by atoms with Gasteiger partial charge in [-0.05, 0) is 12.1 Å². The molecular formula is C12H14N4O. The van der Waals surface area contributed by atoms with Crippen molar-refractivity contribution in [3.63, 3.8) is 0 Å². The molecule has 0 fully saturated rings. The Kier molecular flexibility index (Phi) is 2.62. The van der Waals surface area contributed by atoms with E-state index in [0.29, 0.717) is 0 Å². The third-order valence-electron chi connectivity index (χ3n) is 3.00. The Bertz CT molecular complexity index is 521. The summed E-state index contributed by atoms with van der Waals surface area (Å²) >= 11 is 0. The molecule has 0 atom stereocenters. The van der Waals surface area contributed by atoms with E-state index in [2.05, 4.69) is 19.9 Å². The minimum absolute atomic E-state index is 0.0240. The molecule has 0 bridgehead atoms. The largest absolute Gasteiger partial charge is 0.390 e. The molecule has 0 amide bonds. The van der Waals surface area contributed by atoms with Crippen LogP contribution in [0.2, 0.25) is 0 Å². The second-order valence-corrected chi connectivity index (χ2v) is 4.03. The molecule has 5 heteroatoms. The first kappa shape index (κ1) is 10.4. The van der Waals surface area contributed by atoms with E-state index in [1.807, 2.05) is 18.2 Å². The van der Waals surface area contributed by atoms with Crippen LogP contribution < -0.4 is 5.32 Å².